The minimum atomic E-state index is -4.45. The minimum absolute atomic E-state index is 0. The summed E-state index contributed by atoms with van der Waals surface area (Å²) in [5.41, 5.74) is 0. The van der Waals surface area contributed by atoms with E-state index in [2.05, 4.69) is 5.32 Å². The summed E-state index contributed by atoms with van der Waals surface area (Å²) in [5, 5.41) is 4.97. The van der Waals surface area contributed by atoms with E-state index >= 15 is 0 Å². The van der Waals surface area contributed by atoms with Crippen molar-refractivity contribution in [2.75, 3.05) is 26.2 Å². The van der Waals surface area contributed by atoms with Gasteiger partial charge >= 0.3 is 6.18 Å². The van der Waals surface area contributed by atoms with E-state index < -0.39 is 24.0 Å². The second kappa shape index (κ2) is 6.62. The van der Waals surface area contributed by atoms with E-state index in [1.807, 2.05) is 5.32 Å². The van der Waals surface area contributed by atoms with Gasteiger partial charge in [0.2, 0.25) is 11.8 Å². The summed E-state index contributed by atoms with van der Waals surface area (Å²) in [5.74, 6) is -2.14. The fraction of sp³-hybridized carbons (Fsp3) is 0.818. The number of nitrogens with one attached hydrogen (secondary N) is 2. The molecule has 2 saturated heterocycles. The molecule has 2 heterocycles. The molecule has 2 atom stereocenters. The Bertz CT molecular complexity index is 372. The van der Waals surface area contributed by atoms with Gasteiger partial charge in [-0.1, -0.05) is 0 Å². The molecule has 0 aromatic heterocycles. The lowest BCUT2D eigenvalue weighted by molar-refractivity contribution is -0.172. The number of piperazine rings is 1. The van der Waals surface area contributed by atoms with Crippen LogP contribution in [0.15, 0.2) is 0 Å². The highest BCUT2D eigenvalue weighted by Gasteiger charge is 2.46. The van der Waals surface area contributed by atoms with Crippen LogP contribution in [0.5, 0.6) is 0 Å². The predicted octanol–water partition coefficient (Wildman–Crippen LogP) is 0.297. The van der Waals surface area contributed by atoms with E-state index in [0.717, 1.165) is 0 Å². The molecule has 2 rings (SSSR count). The maximum atomic E-state index is 12.5. The van der Waals surface area contributed by atoms with Crippen molar-refractivity contribution >= 4 is 24.2 Å². The molecule has 2 fully saturated rings. The van der Waals surface area contributed by atoms with Crippen LogP contribution in [-0.2, 0) is 9.59 Å². The Morgan fingerprint density at radius 2 is 1.80 bits per heavy atom. The molecule has 20 heavy (non-hydrogen) atoms. The van der Waals surface area contributed by atoms with E-state index in [9.17, 15) is 22.8 Å². The van der Waals surface area contributed by atoms with Crippen LogP contribution >= 0.6 is 12.4 Å². The number of piperidine rings is 1. The second-order valence-electron chi connectivity index (χ2n) is 4.81. The van der Waals surface area contributed by atoms with Crippen molar-refractivity contribution in [3.05, 3.63) is 0 Å². The zero-order valence-electron chi connectivity index (χ0n) is 10.7. The number of carbonyl (C=O) groups is 2. The van der Waals surface area contributed by atoms with Crippen molar-refractivity contribution in [3.63, 3.8) is 0 Å². The number of nitrogens with zero attached hydrogens (tertiary/aromatic N) is 1. The predicted molar refractivity (Wildman–Crippen MR) is 67.4 cm³/mol. The van der Waals surface area contributed by atoms with Gasteiger partial charge in [-0.3, -0.25) is 9.59 Å². The zero-order valence-corrected chi connectivity index (χ0v) is 11.5. The molecule has 0 saturated carbocycles. The molecule has 2 amide bonds. The lowest BCUT2D eigenvalue weighted by Crippen LogP contribution is -2.56. The number of halogens is 4. The Labute approximate surface area is 120 Å². The SMILES string of the molecule is Cl.O=C1NC(C(F)(F)F)CCC1C(=O)N1CCNCC1. The Morgan fingerprint density at radius 1 is 1.20 bits per heavy atom. The molecule has 0 aromatic carbocycles. The zero-order chi connectivity index (χ0) is 14.0. The van der Waals surface area contributed by atoms with E-state index in [0.29, 0.717) is 26.2 Å². The van der Waals surface area contributed by atoms with Crippen molar-refractivity contribution in [3.8, 4) is 0 Å². The number of carbonyl (C=O) groups excluding carboxylic acids is 2. The molecule has 0 spiro atoms. The maximum Gasteiger partial charge on any atom is 0.408 e. The molecule has 116 valence electrons. The molecule has 2 aliphatic rings. The standard InChI is InChI=1S/C11H16F3N3O2.ClH/c12-11(13,14)8-2-1-7(9(18)16-8)10(19)17-5-3-15-4-6-17;/h7-8,15H,1-6H2,(H,16,18);1H. The van der Waals surface area contributed by atoms with Gasteiger partial charge in [-0.15, -0.1) is 12.4 Å². The molecule has 0 bridgehead atoms. The van der Waals surface area contributed by atoms with Crippen LogP contribution in [0.4, 0.5) is 13.2 Å². The van der Waals surface area contributed by atoms with Crippen molar-refractivity contribution in [1.82, 2.24) is 15.5 Å². The summed E-state index contributed by atoms with van der Waals surface area (Å²) >= 11 is 0. The Balaban J connectivity index is 0.00000200. The molecule has 2 unspecified atom stereocenters. The van der Waals surface area contributed by atoms with Crippen molar-refractivity contribution < 1.29 is 22.8 Å². The number of hydrogen-bond acceptors (Lipinski definition) is 3. The van der Waals surface area contributed by atoms with E-state index in [1.54, 1.807) is 0 Å². The minimum Gasteiger partial charge on any atom is -0.344 e. The first-order valence-corrected chi connectivity index (χ1v) is 6.26. The smallest absolute Gasteiger partial charge is 0.344 e. The van der Waals surface area contributed by atoms with Gasteiger partial charge in [0.15, 0.2) is 0 Å². The third kappa shape index (κ3) is 3.76. The van der Waals surface area contributed by atoms with Gasteiger partial charge < -0.3 is 15.5 Å². The van der Waals surface area contributed by atoms with Crippen molar-refractivity contribution in [2.24, 2.45) is 5.92 Å². The fourth-order valence-electron chi connectivity index (χ4n) is 2.40. The van der Waals surface area contributed by atoms with Crippen LogP contribution in [0.3, 0.4) is 0 Å². The Kier molecular flexibility index (Phi) is 5.64. The van der Waals surface area contributed by atoms with Gasteiger partial charge in [-0.2, -0.15) is 13.2 Å². The summed E-state index contributed by atoms with van der Waals surface area (Å²) in [6.07, 6.45) is -4.73. The molecular weight excluding hydrogens is 299 g/mol. The lowest BCUT2D eigenvalue weighted by atomic mass is 9.92. The maximum absolute atomic E-state index is 12.5. The first kappa shape index (κ1) is 17.0. The van der Waals surface area contributed by atoms with Gasteiger partial charge in [-0.05, 0) is 12.8 Å². The average molecular weight is 316 g/mol. The summed E-state index contributed by atoms with van der Waals surface area (Å²) in [6.45, 7) is 2.27. The van der Waals surface area contributed by atoms with Gasteiger partial charge in [0.25, 0.3) is 0 Å². The highest BCUT2D eigenvalue weighted by molar-refractivity contribution is 6.00. The van der Waals surface area contributed by atoms with Crippen molar-refractivity contribution in [2.45, 2.75) is 25.1 Å². The number of amides is 2. The van der Waals surface area contributed by atoms with E-state index in [1.165, 1.54) is 4.90 Å². The highest BCUT2D eigenvalue weighted by Crippen LogP contribution is 2.29. The molecule has 0 radical (unpaired) electrons. The lowest BCUT2D eigenvalue weighted by Gasteiger charge is -2.34. The number of alkyl halides is 3. The monoisotopic (exact) mass is 315 g/mol. The van der Waals surface area contributed by atoms with Crippen LogP contribution in [0.1, 0.15) is 12.8 Å². The van der Waals surface area contributed by atoms with Crippen LogP contribution in [0, 0.1) is 5.92 Å². The molecule has 5 nitrogen and oxygen atoms in total. The molecular formula is C11H17ClF3N3O2. The first-order chi connectivity index (χ1) is 8.89. The van der Waals surface area contributed by atoms with Gasteiger partial charge in [-0.25, -0.2) is 0 Å². The van der Waals surface area contributed by atoms with Crippen LogP contribution in [0.25, 0.3) is 0 Å². The van der Waals surface area contributed by atoms with Gasteiger partial charge in [0, 0.05) is 26.2 Å². The van der Waals surface area contributed by atoms with Crippen LogP contribution in [-0.4, -0.2) is 55.1 Å². The Morgan fingerprint density at radius 3 is 2.30 bits per heavy atom. The second-order valence-corrected chi connectivity index (χ2v) is 4.81. The topological polar surface area (TPSA) is 61.4 Å². The highest BCUT2D eigenvalue weighted by atomic mass is 35.5. The molecule has 0 aromatic rings. The summed E-state index contributed by atoms with van der Waals surface area (Å²) in [6, 6.07) is -1.83. The van der Waals surface area contributed by atoms with E-state index in [4.69, 9.17) is 0 Å². The first-order valence-electron chi connectivity index (χ1n) is 6.26. The third-order valence-electron chi connectivity index (χ3n) is 3.50. The summed E-state index contributed by atoms with van der Waals surface area (Å²) in [7, 11) is 0. The quantitative estimate of drug-likeness (QED) is 0.684. The van der Waals surface area contributed by atoms with Gasteiger partial charge in [0.05, 0.1) is 0 Å². The average Bonchev–Trinajstić information content (AvgIpc) is 2.38. The van der Waals surface area contributed by atoms with Gasteiger partial charge in [0.1, 0.15) is 12.0 Å². The summed E-state index contributed by atoms with van der Waals surface area (Å²) in [4.78, 5) is 25.3. The molecule has 2 N–H and O–H groups in total. The fourth-order valence-corrected chi connectivity index (χ4v) is 2.40. The molecule has 2 aliphatic heterocycles. The third-order valence-corrected chi connectivity index (χ3v) is 3.50. The van der Waals surface area contributed by atoms with E-state index in [-0.39, 0.29) is 31.2 Å². The van der Waals surface area contributed by atoms with Crippen LogP contribution in [0.2, 0.25) is 0 Å². The normalized spacial score (nSPS) is 27.6. The summed E-state index contributed by atoms with van der Waals surface area (Å²) < 4.78 is 37.4. The van der Waals surface area contributed by atoms with Crippen molar-refractivity contribution in [1.29, 1.82) is 0 Å². The number of rotatable bonds is 1. The molecule has 9 heteroatoms. The largest absolute Gasteiger partial charge is 0.408 e. The van der Waals surface area contributed by atoms with Crippen LogP contribution < -0.4 is 10.6 Å². The number of hydrogen-bond donors (Lipinski definition) is 2. The molecule has 0 aliphatic carbocycles. The Hall–Kier alpha value is -1.02.